The fourth-order valence-corrected chi connectivity index (χ4v) is 3.42. The molecule has 3 N–H and O–H groups in total. The summed E-state index contributed by atoms with van der Waals surface area (Å²) in [7, 11) is 1.42. The summed E-state index contributed by atoms with van der Waals surface area (Å²) in [6.07, 6.45) is -3.05. The zero-order chi connectivity index (χ0) is 23.0. The van der Waals surface area contributed by atoms with Crippen molar-refractivity contribution in [2.75, 3.05) is 23.1 Å². The molecule has 0 saturated carbocycles. The molecule has 4 rings (SSSR count). The summed E-state index contributed by atoms with van der Waals surface area (Å²) in [5.74, 6) is -2.55. The maximum Gasteiger partial charge on any atom is 0.482 e. The molecular formula is C19H12Cl2F3N5O3. The van der Waals surface area contributed by atoms with E-state index >= 15 is 0 Å². The average molecular weight is 486 g/mol. The first-order chi connectivity index (χ1) is 15.2. The SMILES string of the molecule is COc1c(Cl)cc(Nc2ncc(F)c(Nc3ccc4c(c3)NC(=O)C(F)(F)O4)n2)cc1Cl. The van der Waals surface area contributed by atoms with Crippen LogP contribution in [0.25, 0.3) is 0 Å². The number of halogens is 5. The predicted molar refractivity (Wildman–Crippen MR) is 112 cm³/mol. The minimum atomic E-state index is -3.98. The van der Waals surface area contributed by atoms with Crippen LogP contribution in [-0.2, 0) is 4.79 Å². The Morgan fingerprint density at radius 1 is 1.12 bits per heavy atom. The van der Waals surface area contributed by atoms with Crippen molar-refractivity contribution in [3.63, 3.8) is 0 Å². The number of fused-ring (bicyclic) bond motifs is 1. The molecule has 0 spiro atoms. The van der Waals surface area contributed by atoms with Crippen LogP contribution in [0.4, 0.5) is 42.0 Å². The van der Waals surface area contributed by atoms with Gasteiger partial charge in [-0.2, -0.15) is 13.8 Å². The maximum absolute atomic E-state index is 14.3. The molecule has 1 aliphatic heterocycles. The molecule has 0 bridgehead atoms. The summed E-state index contributed by atoms with van der Waals surface area (Å²) in [4.78, 5) is 19.3. The predicted octanol–water partition coefficient (Wildman–Crippen LogP) is 5.34. The number of nitrogens with one attached hydrogen (secondary N) is 3. The van der Waals surface area contributed by atoms with Crippen molar-refractivity contribution < 1.29 is 27.4 Å². The molecule has 8 nitrogen and oxygen atoms in total. The molecule has 0 radical (unpaired) electrons. The Labute approximate surface area is 188 Å². The van der Waals surface area contributed by atoms with Gasteiger partial charge >= 0.3 is 12.0 Å². The highest BCUT2D eigenvalue weighted by Crippen LogP contribution is 2.38. The van der Waals surface area contributed by atoms with Gasteiger partial charge in [0.1, 0.15) is 0 Å². The molecule has 0 saturated heterocycles. The number of hydrogen-bond acceptors (Lipinski definition) is 7. The Kier molecular flexibility index (Phi) is 5.61. The number of alkyl halides is 2. The number of amides is 1. The highest BCUT2D eigenvalue weighted by molar-refractivity contribution is 6.37. The Bertz CT molecular complexity index is 1210. The van der Waals surface area contributed by atoms with Crippen LogP contribution >= 0.6 is 23.2 Å². The third kappa shape index (κ3) is 4.30. The van der Waals surface area contributed by atoms with Crippen LogP contribution < -0.4 is 25.4 Å². The standard InChI is InChI=1S/C19H12Cl2F3N5O3/c1-31-15-10(20)4-9(5-11(15)21)27-18-25-7-12(22)16(29-18)26-8-2-3-14-13(6-8)28-17(30)19(23,24)32-14/h2-7H,1H3,(H,28,30)(H2,25,26,27,29). The van der Waals surface area contributed by atoms with Crippen LogP contribution in [0.3, 0.4) is 0 Å². The second-order valence-corrected chi connectivity index (χ2v) is 7.21. The Morgan fingerprint density at radius 3 is 2.53 bits per heavy atom. The van der Waals surface area contributed by atoms with E-state index in [-0.39, 0.29) is 38.9 Å². The van der Waals surface area contributed by atoms with Gasteiger partial charge in [0.25, 0.3) is 0 Å². The first-order valence-electron chi connectivity index (χ1n) is 8.78. The lowest BCUT2D eigenvalue weighted by molar-refractivity contribution is -0.189. The van der Waals surface area contributed by atoms with Gasteiger partial charge in [-0.15, -0.1) is 0 Å². The molecular weight excluding hydrogens is 474 g/mol. The molecule has 166 valence electrons. The van der Waals surface area contributed by atoms with Crippen LogP contribution in [0.15, 0.2) is 36.5 Å². The highest BCUT2D eigenvalue weighted by atomic mass is 35.5. The first-order valence-corrected chi connectivity index (χ1v) is 9.54. The van der Waals surface area contributed by atoms with Crippen molar-refractivity contribution in [2.45, 2.75) is 6.11 Å². The van der Waals surface area contributed by atoms with Gasteiger partial charge in [0, 0.05) is 11.4 Å². The number of carbonyl (C=O) groups excluding carboxylic acids is 1. The summed E-state index contributed by atoms with van der Waals surface area (Å²) < 4.78 is 50.4. The number of anilines is 5. The summed E-state index contributed by atoms with van der Waals surface area (Å²) in [6, 6.07) is 6.89. The minimum Gasteiger partial charge on any atom is -0.494 e. The monoisotopic (exact) mass is 485 g/mol. The largest absolute Gasteiger partial charge is 0.494 e. The van der Waals surface area contributed by atoms with Crippen molar-refractivity contribution >= 4 is 57.9 Å². The van der Waals surface area contributed by atoms with Gasteiger partial charge in [-0.05, 0) is 30.3 Å². The van der Waals surface area contributed by atoms with E-state index < -0.39 is 17.8 Å². The van der Waals surface area contributed by atoms with Crippen molar-refractivity contribution in [1.29, 1.82) is 0 Å². The Balaban J connectivity index is 1.57. The van der Waals surface area contributed by atoms with Crippen LogP contribution in [0.1, 0.15) is 0 Å². The van der Waals surface area contributed by atoms with E-state index in [2.05, 4.69) is 25.3 Å². The molecule has 0 unspecified atom stereocenters. The summed E-state index contributed by atoms with van der Waals surface area (Å²) in [5, 5.41) is 8.05. The van der Waals surface area contributed by atoms with Crippen molar-refractivity contribution in [3.05, 3.63) is 52.4 Å². The smallest absolute Gasteiger partial charge is 0.482 e. The van der Waals surface area contributed by atoms with Crippen LogP contribution in [-0.4, -0.2) is 29.1 Å². The Morgan fingerprint density at radius 2 is 1.84 bits per heavy atom. The van der Waals surface area contributed by atoms with E-state index in [1.165, 1.54) is 37.4 Å². The van der Waals surface area contributed by atoms with Gasteiger partial charge in [-0.1, -0.05) is 23.2 Å². The number of methoxy groups -OCH3 is 1. The van der Waals surface area contributed by atoms with E-state index in [1.807, 2.05) is 5.32 Å². The van der Waals surface area contributed by atoms with Gasteiger partial charge in [0.15, 0.2) is 23.1 Å². The average Bonchev–Trinajstić information content (AvgIpc) is 2.71. The lowest BCUT2D eigenvalue weighted by Gasteiger charge is -2.25. The number of benzene rings is 2. The maximum atomic E-state index is 14.3. The van der Waals surface area contributed by atoms with Gasteiger partial charge in [-0.3, -0.25) is 4.79 Å². The molecule has 2 aromatic carbocycles. The van der Waals surface area contributed by atoms with E-state index in [9.17, 15) is 18.0 Å². The quantitative estimate of drug-likeness (QED) is 0.448. The zero-order valence-electron chi connectivity index (χ0n) is 16.0. The molecule has 3 aromatic rings. The number of carbonyl (C=O) groups is 1. The molecule has 0 aliphatic carbocycles. The van der Waals surface area contributed by atoms with Crippen molar-refractivity contribution in [2.24, 2.45) is 0 Å². The fourth-order valence-electron chi connectivity index (χ4n) is 2.78. The normalized spacial score (nSPS) is 14.1. The van der Waals surface area contributed by atoms with E-state index in [4.69, 9.17) is 27.9 Å². The van der Waals surface area contributed by atoms with Crippen LogP contribution in [0.2, 0.25) is 10.0 Å². The molecule has 0 fully saturated rings. The molecule has 0 atom stereocenters. The zero-order valence-corrected chi connectivity index (χ0v) is 17.5. The summed E-state index contributed by atoms with van der Waals surface area (Å²) in [5.41, 5.74) is 0.658. The third-order valence-corrected chi connectivity index (χ3v) is 4.76. The number of aromatic nitrogens is 2. The van der Waals surface area contributed by atoms with Gasteiger partial charge in [0.05, 0.1) is 29.0 Å². The molecule has 13 heteroatoms. The third-order valence-electron chi connectivity index (χ3n) is 4.20. The van der Waals surface area contributed by atoms with Crippen LogP contribution in [0.5, 0.6) is 11.5 Å². The fraction of sp³-hybridized carbons (Fsp3) is 0.105. The summed E-state index contributed by atoms with van der Waals surface area (Å²) in [6.45, 7) is 0. The Hall–Kier alpha value is -3.44. The number of hydrogen-bond donors (Lipinski definition) is 3. The second-order valence-electron chi connectivity index (χ2n) is 6.40. The lowest BCUT2D eigenvalue weighted by Crippen LogP contribution is -2.43. The number of ether oxygens (including phenoxy) is 2. The minimum absolute atomic E-state index is 0.0127. The summed E-state index contributed by atoms with van der Waals surface area (Å²) >= 11 is 12.2. The number of nitrogens with zero attached hydrogens (tertiary/aromatic N) is 2. The first kappa shape index (κ1) is 21.8. The second kappa shape index (κ2) is 8.24. The van der Waals surface area contributed by atoms with E-state index in [0.717, 1.165) is 6.20 Å². The molecule has 1 amide bonds. The van der Waals surface area contributed by atoms with Crippen molar-refractivity contribution in [1.82, 2.24) is 9.97 Å². The molecule has 32 heavy (non-hydrogen) atoms. The lowest BCUT2D eigenvalue weighted by atomic mass is 10.2. The molecule has 1 aliphatic rings. The van der Waals surface area contributed by atoms with Crippen LogP contribution in [0, 0.1) is 5.82 Å². The topological polar surface area (TPSA) is 97.4 Å². The van der Waals surface area contributed by atoms with Gasteiger partial charge in [-0.25, -0.2) is 9.37 Å². The molecule has 1 aromatic heterocycles. The van der Waals surface area contributed by atoms with E-state index in [1.54, 1.807) is 0 Å². The van der Waals surface area contributed by atoms with Gasteiger partial charge < -0.3 is 25.4 Å². The van der Waals surface area contributed by atoms with Crippen molar-refractivity contribution in [3.8, 4) is 11.5 Å². The van der Waals surface area contributed by atoms with Gasteiger partial charge in [0.2, 0.25) is 5.95 Å². The highest BCUT2D eigenvalue weighted by Gasteiger charge is 2.46. The molecule has 2 heterocycles. The number of rotatable bonds is 5. The van der Waals surface area contributed by atoms with E-state index in [0.29, 0.717) is 11.4 Å².